The van der Waals surface area contributed by atoms with E-state index in [0.717, 1.165) is 24.3 Å². The Bertz CT molecular complexity index is 728. The maximum absolute atomic E-state index is 11.5. The Hall–Kier alpha value is -2.14. The van der Waals surface area contributed by atoms with E-state index in [1.165, 1.54) is 29.5 Å². The van der Waals surface area contributed by atoms with Crippen LogP contribution in [-0.4, -0.2) is 38.8 Å². The molecular formula is C19H25N3O2. The van der Waals surface area contributed by atoms with Gasteiger partial charge in [0.25, 0.3) is 0 Å². The largest absolute Gasteiger partial charge is 0.477 e. The molecule has 1 aromatic heterocycles. The molecule has 1 N–H and O–H groups in total. The Morgan fingerprint density at radius 1 is 1.17 bits per heavy atom. The van der Waals surface area contributed by atoms with Crippen molar-refractivity contribution in [3.8, 4) is 11.1 Å². The van der Waals surface area contributed by atoms with Crippen LogP contribution in [0.2, 0.25) is 0 Å². The molecule has 0 radical (unpaired) electrons. The summed E-state index contributed by atoms with van der Waals surface area (Å²) in [6.07, 6.45) is 3.89. The first kappa shape index (κ1) is 16.7. The minimum atomic E-state index is -0.945. The third kappa shape index (κ3) is 3.08. The van der Waals surface area contributed by atoms with Crippen molar-refractivity contribution in [1.29, 1.82) is 0 Å². The predicted octanol–water partition coefficient (Wildman–Crippen LogP) is 3.64. The van der Waals surface area contributed by atoms with Gasteiger partial charge in [-0.2, -0.15) is 5.10 Å². The van der Waals surface area contributed by atoms with Crippen LogP contribution < -0.4 is 0 Å². The number of carboxylic acid groups (broad SMARTS) is 1. The van der Waals surface area contributed by atoms with Crippen molar-refractivity contribution in [3.05, 3.63) is 41.2 Å². The zero-order valence-corrected chi connectivity index (χ0v) is 14.6. The lowest BCUT2D eigenvalue weighted by Crippen LogP contribution is -2.32. The number of hydrogen-bond acceptors (Lipinski definition) is 3. The van der Waals surface area contributed by atoms with Crippen LogP contribution >= 0.6 is 0 Å². The lowest BCUT2D eigenvalue weighted by atomic mass is 9.98. The van der Waals surface area contributed by atoms with E-state index in [9.17, 15) is 9.90 Å². The highest BCUT2D eigenvalue weighted by Gasteiger charge is 2.22. The SMILES string of the molecule is Cc1nn(C)c(C(=O)O)c1-c1ccc([C@@H](C)N2CCCCC2)cc1. The molecule has 0 aliphatic carbocycles. The topological polar surface area (TPSA) is 58.4 Å². The van der Waals surface area contributed by atoms with Crippen molar-refractivity contribution in [3.63, 3.8) is 0 Å². The van der Waals surface area contributed by atoms with E-state index in [1.807, 2.05) is 19.1 Å². The molecule has 0 unspecified atom stereocenters. The first-order chi connectivity index (χ1) is 11.5. The number of piperidine rings is 1. The fourth-order valence-corrected chi connectivity index (χ4v) is 3.69. The van der Waals surface area contributed by atoms with Gasteiger partial charge in [0.05, 0.1) is 5.69 Å². The zero-order chi connectivity index (χ0) is 17.3. The molecule has 0 saturated carbocycles. The van der Waals surface area contributed by atoms with E-state index in [2.05, 4.69) is 29.1 Å². The van der Waals surface area contributed by atoms with E-state index in [1.54, 1.807) is 7.05 Å². The molecule has 3 rings (SSSR count). The highest BCUT2D eigenvalue weighted by Crippen LogP contribution is 2.30. The summed E-state index contributed by atoms with van der Waals surface area (Å²) in [6.45, 7) is 6.42. The fourth-order valence-electron chi connectivity index (χ4n) is 3.69. The molecule has 1 aromatic carbocycles. The average molecular weight is 327 g/mol. The van der Waals surface area contributed by atoms with Gasteiger partial charge in [-0.15, -0.1) is 0 Å². The number of aromatic nitrogens is 2. The van der Waals surface area contributed by atoms with Crippen molar-refractivity contribution >= 4 is 5.97 Å². The summed E-state index contributed by atoms with van der Waals surface area (Å²) in [5, 5.41) is 13.7. The number of hydrogen-bond donors (Lipinski definition) is 1. The van der Waals surface area contributed by atoms with E-state index in [4.69, 9.17) is 0 Å². The molecular weight excluding hydrogens is 302 g/mol. The smallest absolute Gasteiger partial charge is 0.354 e. The highest BCUT2D eigenvalue weighted by atomic mass is 16.4. The summed E-state index contributed by atoms with van der Waals surface area (Å²) in [5.41, 5.74) is 3.88. The van der Waals surface area contributed by atoms with Gasteiger partial charge in [-0.05, 0) is 50.9 Å². The standard InChI is InChI=1S/C19H25N3O2/c1-13-17(18(19(23)24)21(3)20-13)16-9-7-15(8-10-16)14(2)22-11-5-4-6-12-22/h7-10,14H,4-6,11-12H2,1-3H3,(H,23,24)/t14-/m1/s1. The number of likely N-dealkylation sites (tertiary alicyclic amines) is 1. The average Bonchev–Trinajstić information content (AvgIpc) is 2.89. The monoisotopic (exact) mass is 327 g/mol. The molecule has 0 spiro atoms. The van der Waals surface area contributed by atoms with Crippen molar-refractivity contribution in [2.24, 2.45) is 7.05 Å². The Morgan fingerprint density at radius 3 is 2.38 bits per heavy atom. The summed E-state index contributed by atoms with van der Waals surface area (Å²) >= 11 is 0. The van der Waals surface area contributed by atoms with Crippen molar-refractivity contribution in [2.45, 2.75) is 39.2 Å². The van der Waals surface area contributed by atoms with Gasteiger partial charge in [0.15, 0.2) is 5.69 Å². The van der Waals surface area contributed by atoms with Crippen molar-refractivity contribution in [1.82, 2.24) is 14.7 Å². The Labute approximate surface area is 142 Å². The summed E-state index contributed by atoms with van der Waals surface area (Å²) < 4.78 is 1.44. The molecule has 1 saturated heterocycles. The minimum absolute atomic E-state index is 0.240. The van der Waals surface area contributed by atoms with Gasteiger partial charge >= 0.3 is 5.97 Å². The molecule has 5 nitrogen and oxygen atoms in total. The summed E-state index contributed by atoms with van der Waals surface area (Å²) in [5.74, 6) is -0.945. The van der Waals surface area contributed by atoms with Crippen LogP contribution in [0.4, 0.5) is 0 Å². The van der Waals surface area contributed by atoms with Crippen LogP contribution in [0, 0.1) is 6.92 Å². The van der Waals surface area contributed by atoms with Gasteiger partial charge in [0, 0.05) is 18.7 Å². The Kier molecular flexibility index (Phi) is 4.71. The minimum Gasteiger partial charge on any atom is -0.477 e. The lowest BCUT2D eigenvalue weighted by molar-refractivity contribution is 0.0686. The number of rotatable bonds is 4. The molecule has 1 atom stereocenters. The van der Waals surface area contributed by atoms with E-state index in [0.29, 0.717) is 11.6 Å². The molecule has 24 heavy (non-hydrogen) atoms. The van der Waals surface area contributed by atoms with E-state index < -0.39 is 5.97 Å². The maximum Gasteiger partial charge on any atom is 0.354 e. The molecule has 2 aromatic rings. The van der Waals surface area contributed by atoms with Crippen LogP contribution in [0.1, 0.15) is 54.0 Å². The number of benzene rings is 1. The lowest BCUT2D eigenvalue weighted by Gasteiger charge is -2.32. The van der Waals surface area contributed by atoms with Gasteiger partial charge in [0.1, 0.15) is 0 Å². The summed E-state index contributed by atoms with van der Waals surface area (Å²) in [4.78, 5) is 14.1. The molecule has 5 heteroatoms. The van der Waals surface area contributed by atoms with Gasteiger partial charge < -0.3 is 5.11 Å². The number of nitrogens with zero attached hydrogens (tertiary/aromatic N) is 3. The molecule has 128 valence electrons. The first-order valence-corrected chi connectivity index (χ1v) is 8.60. The van der Waals surface area contributed by atoms with Crippen LogP contribution in [0.25, 0.3) is 11.1 Å². The number of aromatic carboxylic acids is 1. The van der Waals surface area contributed by atoms with Crippen LogP contribution in [0.3, 0.4) is 0 Å². The second-order valence-corrected chi connectivity index (χ2v) is 6.63. The second-order valence-electron chi connectivity index (χ2n) is 6.63. The fraction of sp³-hybridized carbons (Fsp3) is 0.474. The third-order valence-electron chi connectivity index (χ3n) is 5.04. The molecule has 0 bridgehead atoms. The van der Waals surface area contributed by atoms with E-state index >= 15 is 0 Å². The molecule has 1 fully saturated rings. The van der Waals surface area contributed by atoms with Crippen molar-refractivity contribution in [2.75, 3.05) is 13.1 Å². The summed E-state index contributed by atoms with van der Waals surface area (Å²) in [6, 6.07) is 8.67. The Morgan fingerprint density at radius 2 is 1.79 bits per heavy atom. The maximum atomic E-state index is 11.5. The van der Waals surface area contributed by atoms with Crippen LogP contribution in [0.5, 0.6) is 0 Å². The summed E-state index contributed by atoms with van der Waals surface area (Å²) in [7, 11) is 1.67. The van der Waals surface area contributed by atoms with Crippen molar-refractivity contribution < 1.29 is 9.90 Å². The number of aryl methyl sites for hydroxylation is 2. The molecule has 1 aliphatic rings. The van der Waals surface area contributed by atoms with Gasteiger partial charge in [-0.3, -0.25) is 9.58 Å². The highest BCUT2D eigenvalue weighted by molar-refractivity contribution is 5.95. The van der Waals surface area contributed by atoms with Gasteiger partial charge in [-0.1, -0.05) is 30.7 Å². The first-order valence-electron chi connectivity index (χ1n) is 8.60. The van der Waals surface area contributed by atoms with Crippen LogP contribution in [0.15, 0.2) is 24.3 Å². The number of carbonyl (C=O) groups is 1. The molecule has 0 amide bonds. The zero-order valence-electron chi connectivity index (χ0n) is 14.6. The Balaban J connectivity index is 1.89. The van der Waals surface area contributed by atoms with Gasteiger partial charge in [-0.25, -0.2) is 4.79 Å². The predicted molar refractivity (Wildman–Crippen MR) is 94.2 cm³/mol. The normalized spacial score (nSPS) is 17.0. The van der Waals surface area contributed by atoms with E-state index in [-0.39, 0.29) is 5.69 Å². The second kappa shape index (κ2) is 6.77. The van der Waals surface area contributed by atoms with Crippen LogP contribution in [-0.2, 0) is 7.05 Å². The quantitative estimate of drug-likeness (QED) is 0.931. The van der Waals surface area contributed by atoms with Gasteiger partial charge in [0.2, 0.25) is 0 Å². The molecule has 1 aliphatic heterocycles. The third-order valence-corrected chi connectivity index (χ3v) is 5.04. The molecule has 2 heterocycles. The number of carboxylic acids is 1.